The predicted octanol–water partition coefficient (Wildman–Crippen LogP) is 2.54. The minimum absolute atomic E-state index is 0.726. The van der Waals surface area contributed by atoms with Gasteiger partial charge in [-0.25, -0.2) is 4.98 Å². The zero-order chi connectivity index (χ0) is 11.4. The summed E-state index contributed by atoms with van der Waals surface area (Å²) in [5.41, 5.74) is 0. The van der Waals surface area contributed by atoms with Crippen molar-refractivity contribution in [3.8, 4) is 0 Å². The Labute approximate surface area is 102 Å². The van der Waals surface area contributed by atoms with E-state index in [0.717, 1.165) is 48.6 Å². The SMILES string of the molecule is CCNCc1ncc(C2C3C4CCC(C4)C23)o1. The molecule has 17 heavy (non-hydrogen) atoms. The first kappa shape index (κ1) is 10.1. The first-order valence-corrected chi connectivity index (χ1v) is 7.03. The molecule has 1 aromatic rings. The lowest BCUT2D eigenvalue weighted by Gasteiger charge is -2.05. The van der Waals surface area contributed by atoms with Crippen LogP contribution in [0.25, 0.3) is 0 Å². The molecule has 2 bridgehead atoms. The zero-order valence-corrected chi connectivity index (χ0v) is 10.4. The monoisotopic (exact) mass is 232 g/mol. The summed E-state index contributed by atoms with van der Waals surface area (Å²) < 4.78 is 5.90. The van der Waals surface area contributed by atoms with Gasteiger partial charge in [0.15, 0.2) is 0 Å². The third-order valence-corrected chi connectivity index (χ3v) is 5.16. The van der Waals surface area contributed by atoms with Crippen molar-refractivity contribution in [3.63, 3.8) is 0 Å². The van der Waals surface area contributed by atoms with Crippen molar-refractivity contribution < 1.29 is 4.42 Å². The van der Waals surface area contributed by atoms with Gasteiger partial charge in [-0.2, -0.15) is 0 Å². The molecule has 0 spiro atoms. The number of nitrogens with zero attached hydrogens (tertiary/aromatic N) is 1. The van der Waals surface area contributed by atoms with Gasteiger partial charge in [0.05, 0.1) is 12.7 Å². The van der Waals surface area contributed by atoms with E-state index in [0.29, 0.717) is 0 Å². The smallest absolute Gasteiger partial charge is 0.208 e. The molecule has 3 aliphatic carbocycles. The summed E-state index contributed by atoms with van der Waals surface area (Å²) in [7, 11) is 0. The maximum atomic E-state index is 5.90. The van der Waals surface area contributed by atoms with Crippen LogP contribution in [0.15, 0.2) is 10.6 Å². The van der Waals surface area contributed by atoms with Crippen LogP contribution in [0.1, 0.15) is 43.8 Å². The Hall–Kier alpha value is -0.830. The summed E-state index contributed by atoms with van der Waals surface area (Å²) in [5, 5.41) is 3.26. The van der Waals surface area contributed by atoms with E-state index in [4.69, 9.17) is 4.42 Å². The first-order valence-electron chi connectivity index (χ1n) is 7.03. The van der Waals surface area contributed by atoms with Crippen molar-refractivity contribution in [2.45, 2.75) is 38.6 Å². The van der Waals surface area contributed by atoms with Crippen molar-refractivity contribution in [1.29, 1.82) is 0 Å². The molecule has 0 saturated heterocycles. The van der Waals surface area contributed by atoms with Crippen molar-refractivity contribution >= 4 is 0 Å². The van der Waals surface area contributed by atoms with Crippen LogP contribution in [0.5, 0.6) is 0 Å². The van der Waals surface area contributed by atoms with E-state index in [-0.39, 0.29) is 0 Å². The minimum atomic E-state index is 0.726. The Morgan fingerprint density at radius 2 is 2.12 bits per heavy atom. The van der Waals surface area contributed by atoms with Gasteiger partial charge >= 0.3 is 0 Å². The van der Waals surface area contributed by atoms with Gasteiger partial charge in [-0.1, -0.05) is 6.92 Å². The standard InChI is InChI=1S/C14H20N2O/c1-2-15-7-11-16-6-10(17-11)14-12-8-3-4-9(5-8)13(12)14/h6,8-9,12-15H,2-5,7H2,1H3. The number of aromatic nitrogens is 1. The Morgan fingerprint density at radius 3 is 2.82 bits per heavy atom. The number of rotatable bonds is 4. The molecule has 0 amide bonds. The molecule has 3 nitrogen and oxygen atoms in total. The fourth-order valence-electron chi connectivity index (χ4n) is 4.50. The van der Waals surface area contributed by atoms with E-state index in [1.807, 2.05) is 6.20 Å². The highest BCUT2D eigenvalue weighted by Crippen LogP contribution is 2.73. The molecule has 3 heteroatoms. The second kappa shape index (κ2) is 3.58. The minimum Gasteiger partial charge on any atom is -0.444 e. The highest BCUT2D eigenvalue weighted by Gasteiger charge is 2.66. The van der Waals surface area contributed by atoms with E-state index in [1.54, 1.807) is 0 Å². The van der Waals surface area contributed by atoms with Crippen LogP contribution in [0.4, 0.5) is 0 Å². The normalized spacial score (nSPS) is 41.8. The number of hydrogen-bond donors (Lipinski definition) is 1. The van der Waals surface area contributed by atoms with E-state index in [1.165, 1.54) is 25.0 Å². The lowest BCUT2D eigenvalue weighted by Crippen LogP contribution is -2.11. The van der Waals surface area contributed by atoms with Crippen molar-refractivity contribution in [3.05, 3.63) is 17.8 Å². The summed E-state index contributed by atoms with van der Waals surface area (Å²) in [6.45, 7) is 3.84. The third kappa shape index (κ3) is 1.41. The van der Waals surface area contributed by atoms with Crippen LogP contribution in [-0.4, -0.2) is 11.5 Å². The van der Waals surface area contributed by atoms with Gasteiger partial charge in [0.25, 0.3) is 0 Å². The molecule has 1 heterocycles. The zero-order valence-electron chi connectivity index (χ0n) is 10.4. The molecule has 4 rings (SSSR count). The van der Waals surface area contributed by atoms with E-state index in [2.05, 4.69) is 17.2 Å². The summed E-state index contributed by atoms with van der Waals surface area (Å²) in [6, 6.07) is 0. The molecule has 3 aliphatic rings. The molecule has 0 radical (unpaired) electrons. The molecule has 3 saturated carbocycles. The van der Waals surface area contributed by atoms with Crippen LogP contribution in [0, 0.1) is 23.7 Å². The Balaban J connectivity index is 1.48. The maximum Gasteiger partial charge on any atom is 0.208 e. The summed E-state index contributed by atoms with van der Waals surface area (Å²) in [6.07, 6.45) is 6.43. The summed E-state index contributed by atoms with van der Waals surface area (Å²) >= 11 is 0. The number of nitrogens with one attached hydrogen (secondary N) is 1. The van der Waals surface area contributed by atoms with Crippen LogP contribution in [0.2, 0.25) is 0 Å². The maximum absolute atomic E-state index is 5.90. The van der Waals surface area contributed by atoms with Crippen LogP contribution < -0.4 is 5.32 Å². The molecule has 1 aromatic heterocycles. The second-order valence-electron chi connectivity index (χ2n) is 5.95. The number of oxazole rings is 1. The predicted molar refractivity (Wildman–Crippen MR) is 64.4 cm³/mol. The second-order valence-corrected chi connectivity index (χ2v) is 5.95. The van der Waals surface area contributed by atoms with Crippen molar-refractivity contribution in [2.24, 2.45) is 23.7 Å². The average molecular weight is 232 g/mol. The molecule has 3 fully saturated rings. The van der Waals surface area contributed by atoms with E-state index in [9.17, 15) is 0 Å². The van der Waals surface area contributed by atoms with Gasteiger partial charge in [0.1, 0.15) is 5.76 Å². The lowest BCUT2D eigenvalue weighted by atomic mass is 10.0. The fraction of sp³-hybridized carbons (Fsp3) is 0.786. The molecule has 1 N–H and O–H groups in total. The number of fused-ring (bicyclic) bond motifs is 5. The molecule has 0 aliphatic heterocycles. The van der Waals surface area contributed by atoms with Gasteiger partial charge in [0, 0.05) is 5.92 Å². The average Bonchev–Trinajstić information content (AvgIpc) is 2.78. The molecule has 4 atom stereocenters. The summed E-state index contributed by atoms with van der Waals surface area (Å²) in [4.78, 5) is 4.38. The number of hydrogen-bond acceptors (Lipinski definition) is 3. The molecule has 4 unspecified atom stereocenters. The van der Waals surface area contributed by atoms with Gasteiger partial charge in [-0.3, -0.25) is 0 Å². The largest absolute Gasteiger partial charge is 0.444 e. The van der Waals surface area contributed by atoms with E-state index >= 15 is 0 Å². The molecule has 92 valence electrons. The Morgan fingerprint density at radius 1 is 1.35 bits per heavy atom. The van der Waals surface area contributed by atoms with Gasteiger partial charge in [-0.05, 0) is 49.5 Å². The molecule has 0 aromatic carbocycles. The Bertz CT molecular complexity index is 412. The van der Waals surface area contributed by atoms with Gasteiger partial charge in [0.2, 0.25) is 5.89 Å². The van der Waals surface area contributed by atoms with Gasteiger partial charge in [-0.15, -0.1) is 0 Å². The topological polar surface area (TPSA) is 38.1 Å². The quantitative estimate of drug-likeness (QED) is 0.867. The molecular weight excluding hydrogens is 212 g/mol. The Kier molecular flexibility index (Phi) is 2.13. The van der Waals surface area contributed by atoms with Crippen LogP contribution >= 0.6 is 0 Å². The summed E-state index contributed by atoms with van der Waals surface area (Å²) in [5.74, 6) is 6.69. The van der Waals surface area contributed by atoms with Crippen LogP contribution in [0.3, 0.4) is 0 Å². The lowest BCUT2D eigenvalue weighted by molar-refractivity contribution is 0.408. The van der Waals surface area contributed by atoms with E-state index < -0.39 is 0 Å². The fourth-order valence-corrected chi connectivity index (χ4v) is 4.50. The van der Waals surface area contributed by atoms with Crippen LogP contribution in [-0.2, 0) is 6.54 Å². The highest BCUT2D eigenvalue weighted by atomic mass is 16.4. The highest BCUT2D eigenvalue weighted by molar-refractivity contribution is 5.25. The molecular formula is C14H20N2O. The first-order chi connectivity index (χ1) is 8.38. The third-order valence-electron chi connectivity index (χ3n) is 5.16. The van der Waals surface area contributed by atoms with Crippen molar-refractivity contribution in [1.82, 2.24) is 10.3 Å². The van der Waals surface area contributed by atoms with Gasteiger partial charge < -0.3 is 9.73 Å². The van der Waals surface area contributed by atoms with Crippen molar-refractivity contribution in [2.75, 3.05) is 6.54 Å².